The maximum Gasteiger partial charge on any atom is 0.481 e. The van der Waals surface area contributed by atoms with E-state index in [0.29, 0.717) is 6.42 Å². The fraction of sp³-hybridized carbons (Fsp3) is 0.533. The van der Waals surface area contributed by atoms with Gasteiger partial charge in [0.2, 0.25) is 0 Å². The molecule has 0 aromatic rings. The van der Waals surface area contributed by atoms with E-state index in [1.54, 1.807) is 13.0 Å². The first-order valence-corrected chi connectivity index (χ1v) is 10.6. The Bertz CT molecular complexity index is 615. The van der Waals surface area contributed by atoms with Crippen molar-refractivity contribution in [3.8, 4) is 0 Å². The largest absolute Gasteiger partial charge is 0.481 e. The number of hydrogen-bond acceptors (Lipinski definition) is 5. The summed E-state index contributed by atoms with van der Waals surface area (Å²) in [5, 5.41) is 0. The molecule has 0 radical (unpaired) electrons. The molecule has 0 aromatic carbocycles. The lowest BCUT2D eigenvalue weighted by Gasteiger charge is -2.11. The molecule has 25 heavy (non-hydrogen) atoms. The number of hydrogen-bond donors (Lipinski definition) is 3. The van der Waals surface area contributed by atoms with Crippen molar-refractivity contribution in [2.45, 2.75) is 46.5 Å². The van der Waals surface area contributed by atoms with Crippen LogP contribution in [0.3, 0.4) is 0 Å². The second kappa shape index (κ2) is 11.7. The lowest BCUT2D eigenvalue weighted by Crippen LogP contribution is -1.94. The number of phosphoric ester groups is 1. The number of allylic oxidation sites excluding steroid dienone is 5. The Balaban J connectivity index is 4.20. The Hall–Kier alpha value is -0.850. The van der Waals surface area contributed by atoms with Crippen molar-refractivity contribution in [3.05, 3.63) is 34.9 Å². The summed E-state index contributed by atoms with van der Waals surface area (Å²) < 4.78 is 29.9. The molecule has 8 nitrogen and oxygen atoms in total. The van der Waals surface area contributed by atoms with Crippen molar-refractivity contribution in [2.75, 3.05) is 6.61 Å². The molecule has 0 heterocycles. The summed E-state index contributed by atoms with van der Waals surface area (Å²) in [6, 6.07) is 0. The minimum absolute atomic E-state index is 0.294. The third kappa shape index (κ3) is 15.1. The minimum Gasteiger partial charge on any atom is -0.302 e. The molecule has 0 fully saturated rings. The number of rotatable bonds is 12. The fourth-order valence-corrected chi connectivity index (χ4v) is 3.28. The number of aldehydes is 1. The molecule has 0 aliphatic rings. The summed E-state index contributed by atoms with van der Waals surface area (Å²) in [5.41, 5.74) is 2.82. The summed E-state index contributed by atoms with van der Waals surface area (Å²) in [5.74, 6) is 0. The topological polar surface area (TPSA) is 130 Å². The van der Waals surface area contributed by atoms with Gasteiger partial charge >= 0.3 is 15.6 Å². The van der Waals surface area contributed by atoms with E-state index in [4.69, 9.17) is 14.7 Å². The third-order valence-corrected chi connectivity index (χ3v) is 5.25. The Morgan fingerprint density at radius 2 is 1.44 bits per heavy atom. The number of phosphoric acid groups is 2. The van der Waals surface area contributed by atoms with Crippen LogP contribution in [0.25, 0.3) is 0 Å². The van der Waals surface area contributed by atoms with E-state index in [1.807, 2.05) is 19.9 Å². The molecule has 0 saturated heterocycles. The van der Waals surface area contributed by atoms with Crippen molar-refractivity contribution in [1.29, 1.82) is 0 Å². The summed E-state index contributed by atoms with van der Waals surface area (Å²) in [7, 11) is -9.87. The van der Waals surface area contributed by atoms with Gasteiger partial charge in [-0.15, -0.1) is 0 Å². The Morgan fingerprint density at radius 1 is 0.920 bits per heavy atom. The minimum atomic E-state index is -5.09. The zero-order valence-corrected chi connectivity index (χ0v) is 16.4. The zero-order chi connectivity index (χ0) is 19.5. The molecule has 0 amide bonds. The summed E-state index contributed by atoms with van der Waals surface area (Å²) in [6.07, 6.45) is 9.50. The van der Waals surface area contributed by atoms with E-state index >= 15 is 0 Å². The van der Waals surface area contributed by atoms with Crippen LogP contribution in [-0.2, 0) is 22.8 Å². The maximum absolute atomic E-state index is 11.2. The molecule has 0 bridgehead atoms. The van der Waals surface area contributed by atoms with E-state index in [-0.39, 0.29) is 6.61 Å². The molecule has 0 rings (SSSR count). The second-order valence-corrected chi connectivity index (χ2v) is 8.41. The number of carbonyl (C=O) groups is 1. The average molecular weight is 396 g/mol. The van der Waals surface area contributed by atoms with E-state index in [1.165, 1.54) is 5.57 Å². The standard InChI is InChI=1S/C15H26O8P2/c1-13(7-5-9-15(3)12-16)6-4-8-14(2)10-11-22-25(20,21)23-24(17,18)19/h6,9-10,12H,4-5,7-8,11H2,1-3H3,(H,20,21)(H2,17,18,19)/b13-6+,14-10+,15-9+. The quantitative estimate of drug-likeness (QED) is 0.196. The molecule has 1 atom stereocenters. The first kappa shape index (κ1) is 24.1. The van der Waals surface area contributed by atoms with Gasteiger partial charge in [-0.25, -0.2) is 9.13 Å². The lowest BCUT2D eigenvalue weighted by atomic mass is 10.1. The predicted octanol–water partition coefficient (Wildman–Crippen LogP) is 3.81. The molecule has 0 saturated carbocycles. The maximum atomic E-state index is 11.2. The van der Waals surface area contributed by atoms with Crippen LogP contribution in [0.4, 0.5) is 0 Å². The van der Waals surface area contributed by atoms with Crippen molar-refractivity contribution >= 4 is 21.9 Å². The van der Waals surface area contributed by atoms with Crippen LogP contribution in [0.2, 0.25) is 0 Å². The normalized spacial score (nSPS) is 16.6. The van der Waals surface area contributed by atoms with Gasteiger partial charge in [0, 0.05) is 0 Å². The van der Waals surface area contributed by atoms with Gasteiger partial charge in [-0.2, -0.15) is 4.31 Å². The molecule has 0 aliphatic carbocycles. The Labute approximate surface area is 148 Å². The molecular weight excluding hydrogens is 370 g/mol. The van der Waals surface area contributed by atoms with Gasteiger partial charge in [0.25, 0.3) is 0 Å². The second-order valence-electron chi connectivity index (χ2n) is 5.58. The summed E-state index contributed by atoms with van der Waals surface area (Å²) in [4.78, 5) is 36.5. The molecule has 10 heteroatoms. The SMILES string of the molecule is C/C(C=O)=C\CC/C(C)=C/CC/C(C)=C/COP(=O)(O)OP(=O)(O)O. The van der Waals surface area contributed by atoms with Gasteiger partial charge in [-0.05, 0) is 52.0 Å². The van der Waals surface area contributed by atoms with Gasteiger partial charge in [-0.3, -0.25) is 9.32 Å². The first-order chi connectivity index (χ1) is 11.4. The monoisotopic (exact) mass is 396 g/mol. The number of carbonyl (C=O) groups excluding carboxylic acids is 1. The third-order valence-electron chi connectivity index (χ3n) is 3.10. The van der Waals surface area contributed by atoms with Gasteiger partial charge in [0.05, 0.1) is 6.61 Å². The van der Waals surface area contributed by atoms with Crippen LogP contribution in [-0.4, -0.2) is 27.6 Å². The van der Waals surface area contributed by atoms with E-state index in [2.05, 4.69) is 14.9 Å². The Kier molecular flexibility index (Phi) is 11.3. The highest BCUT2D eigenvalue weighted by Gasteiger charge is 2.31. The van der Waals surface area contributed by atoms with Crippen LogP contribution in [0.5, 0.6) is 0 Å². The predicted molar refractivity (Wildman–Crippen MR) is 94.7 cm³/mol. The van der Waals surface area contributed by atoms with E-state index in [9.17, 15) is 13.9 Å². The smallest absolute Gasteiger partial charge is 0.302 e. The highest BCUT2D eigenvalue weighted by molar-refractivity contribution is 7.60. The van der Waals surface area contributed by atoms with Crippen molar-refractivity contribution < 1.29 is 37.4 Å². The molecule has 0 aromatic heterocycles. The van der Waals surface area contributed by atoms with Crippen molar-refractivity contribution in [2.24, 2.45) is 0 Å². The van der Waals surface area contributed by atoms with Crippen molar-refractivity contribution in [3.63, 3.8) is 0 Å². The van der Waals surface area contributed by atoms with Gasteiger partial charge in [0.15, 0.2) is 0 Å². The summed E-state index contributed by atoms with van der Waals surface area (Å²) >= 11 is 0. The van der Waals surface area contributed by atoms with Crippen LogP contribution >= 0.6 is 15.6 Å². The Morgan fingerprint density at radius 3 is 1.96 bits per heavy atom. The van der Waals surface area contributed by atoms with E-state index in [0.717, 1.165) is 36.7 Å². The highest BCUT2D eigenvalue weighted by atomic mass is 31.3. The van der Waals surface area contributed by atoms with Gasteiger partial charge in [-0.1, -0.05) is 29.4 Å². The van der Waals surface area contributed by atoms with Crippen LogP contribution in [0.1, 0.15) is 46.5 Å². The highest BCUT2D eigenvalue weighted by Crippen LogP contribution is 2.57. The molecule has 3 N–H and O–H groups in total. The molecule has 1 unspecified atom stereocenters. The first-order valence-electron chi connectivity index (χ1n) is 7.62. The van der Waals surface area contributed by atoms with Gasteiger partial charge in [0.1, 0.15) is 6.29 Å². The zero-order valence-electron chi connectivity index (χ0n) is 14.6. The van der Waals surface area contributed by atoms with Gasteiger partial charge < -0.3 is 14.7 Å². The fourth-order valence-electron chi connectivity index (χ4n) is 1.76. The van der Waals surface area contributed by atoms with Crippen molar-refractivity contribution in [1.82, 2.24) is 0 Å². The lowest BCUT2D eigenvalue weighted by molar-refractivity contribution is -0.104. The van der Waals surface area contributed by atoms with Crippen LogP contribution in [0, 0.1) is 0 Å². The van der Waals surface area contributed by atoms with Crippen LogP contribution < -0.4 is 0 Å². The van der Waals surface area contributed by atoms with Crippen LogP contribution in [0.15, 0.2) is 34.9 Å². The molecule has 0 spiro atoms. The molecule has 144 valence electrons. The molecule has 0 aliphatic heterocycles. The summed E-state index contributed by atoms with van der Waals surface area (Å²) in [6.45, 7) is 5.29. The average Bonchev–Trinajstić information content (AvgIpc) is 2.44. The van der Waals surface area contributed by atoms with E-state index < -0.39 is 15.6 Å². The molecular formula is C15H26O8P2.